The normalized spacial score (nSPS) is 16.0. The van der Waals surface area contributed by atoms with Gasteiger partial charge in [-0.05, 0) is 31.9 Å². The maximum Gasteiger partial charge on any atom is 0.456 e. The Morgan fingerprint density at radius 3 is 2.63 bits per heavy atom. The molecule has 1 fully saturated rings. The van der Waals surface area contributed by atoms with Gasteiger partial charge in [0.1, 0.15) is 11.5 Å². The lowest BCUT2D eigenvalue weighted by Gasteiger charge is -2.04. The third kappa shape index (κ3) is 1.91. The van der Waals surface area contributed by atoms with E-state index in [2.05, 4.69) is 4.98 Å². The highest BCUT2D eigenvalue weighted by atomic mass is 19.4. The Kier molecular flexibility index (Phi) is 2.45. The van der Waals surface area contributed by atoms with Crippen LogP contribution in [0, 0.1) is 6.92 Å². The third-order valence-electron chi connectivity index (χ3n) is 3.30. The summed E-state index contributed by atoms with van der Waals surface area (Å²) < 4.78 is 39.4. The standard InChI is InChI=1S/C13H11F3N2O/c1-7-3-2-4-9-10(11(19)13(14,15)16)17-12(18(7)9)8-5-6-8/h2-4,8H,5-6H2,1H3. The predicted molar refractivity (Wildman–Crippen MR) is 62.3 cm³/mol. The molecular weight excluding hydrogens is 257 g/mol. The summed E-state index contributed by atoms with van der Waals surface area (Å²) in [6, 6.07) is 4.93. The zero-order valence-electron chi connectivity index (χ0n) is 10.2. The highest BCUT2D eigenvalue weighted by molar-refractivity contribution is 6.04. The third-order valence-corrected chi connectivity index (χ3v) is 3.30. The minimum absolute atomic E-state index is 0.170. The van der Waals surface area contributed by atoms with Crippen LogP contribution in [0.25, 0.3) is 5.52 Å². The summed E-state index contributed by atoms with van der Waals surface area (Å²) in [5.74, 6) is -1.13. The maximum atomic E-state index is 12.6. The zero-order chi connectivity index (χ0) is 13.8. The number of Topliss-reactive ketones (excluding diaryl/α,β-unsaturated/α-hetero) is 1. The average Bonchev–Trinajstić information content (AvgIpc) is 3.09. The number of aromatic nitrogens is 2. The number of fused-ring (bicyclic) bond motifs is 1. The Labute approximate surface area is 107 Å². The number of alkyl halides is 3. The number of halogens is 3. The molecule has 1 aliphatic carbocycles. The number of imidazole rings is 1. The minimum atomic E-state index is -4.89. The van der Waals surface area contributed by atoms with E-state index in [0.29, 0.717) is 5.82 Å². The van der Waals surface area contributed by atoms with Gasteiger partial charge in [0.15, 0.2) is 0 Å². The summed E-state index contributed by atoms with van der Waals surface area (Å²) >= 11 is 0. The van der Waals surface area contributed by atoms with E-state index in [9.17, 15) is 18.0 Å². The lowest BCUT2D eigenvalue weighted by molar-refractivity contribution is -0.0887. The van der Waals surface area contributed by atoms with Crippen molar-refractivity contribution in [2.24, 2.45) is 0 Å². The van der Waals surface area contributed by atoms with Gasteiger partial charge in [0.05, 0.1) is 5.52 Å². The summed E-state index contributed by atoms with van der Waals surface area (Å²) in [6.45, 7) is 1.79. The molecule has 2 heterocycles. The van der Waals surface area contributed by atoms with Crippen molar-refractivity contribution in [3.05, 3.63) is 35.4 Å². The summed E-state index contributed by atoms with van der Waals surface area (Å²) in [6.07, 6.45) is -3.07. The van der Waals surface area contributed by atoms with E-state index >= 15 is 0 Å². The molecule has 0 aromatic carbocycles. The van der Waals surface area contributed by atoms with E-state index in [4.69, 9.17) is 0 Å². The first-order valence-corrected chi connectivity index (χ1v) is 5.99. The molecule has 2 aromatic rings. The largest absolute Gasteiger partial charge is 0.456 e. The van der Waals surface area contributed by atoms with Crippen molar-refractivity contribution < 1.29 is 18.0 Å². The molecule has 19 heavy (non-hydrogen) atoms. The number of aryl methyl sites for hydroxylation is 1. The maximum absolute atomic E-state index is 12.6. The number of carbonyl (C=O) groups is 1. The van der Waals surface area contributed by atoms with E-state index in [-0.39, 0.29) is 11.4 Å². The molecular formula is C13H11F3N2O. The first-order valence-electron chi connectivity index (χ1n) is 5.99. The lowest BCUT2D eigenvalue weighted by atomic mass is 10.2. The van der Waals surface area contributed by atoms with Crippen molar-refractivity contribution in [3.63, 3.8) is 0 Å². The van der Waals surface area contributed by atoms with Crippen LogP contribution in [0.2, 0.25) is 0 Å². The molecule has 0 radical (unpaired) electrons. The van der Waals surface area contributed by atoms with E-state index < -0.39 is 17.7 Å². The molecule has 0 atom stereocenters. The molecule has 2 aromatic heterocycles. The first-order chi connectivity index (χ1) is 8.89. The molecule has 0 N–H and O–H groups in total. The molecule has 3 rings (SSSR count). The topological polar surface area (TPSA) is 34.4 Å². The van der Waals surface area contributed by atoms with Crippen LogP contribution in [-0.2, 0) is 0 Å². The quantitative estimate of drug-likeness (QED) is 0.783. The number of pyridine rings is 1. The van der Waals surface area contributed by atoms with Crippen molar-refractivity contribution in [2.45, 2.75) is 31.9 Å². The van der Waals surface area contributed by atoms with Gasteiger partial charge in [0.2, 0.25) is 0 Å². The van der Waals surface area contributed by atoms with Gasteiger partial charge in [-0.2, -0.15) is 13.2 Å². The van der Waals surface area contributed by atoms with Crippen LogP contribution in [0.3, 0.4) is 0 Å². The predicted octanol–water partition coefficient (Wildman–Crippen LogP) is 3.27. The van der Waals surface area contributed by atoms with Gasteiger partial charge < -0.3 is 0 Å². The molecule has 100 valence electrons. The highest BCUT2D eigenvalue weighted by Crippen LogP contribution is 2.41. The monoisotopic (exact) mass is 268 g/mol. The Bertz CT molecular complexity index is 668. The second-order valence-electron chi connectivity index (χ2n) is 4.81. The van der Waals surface area contributed by atoms with Crippen molar-refractivity contribution in [3.8, 4) is 0 Å². The summed E-state index contributed by atoms with van der Waals surface area (Å²) in [7, 11) is 0. The number of carbonyl (C=O) groups excluding carboxylic acids is 1. The fourth-order valence-corrected chi connectivity index (χ4v) is 2.25. The van der Waals surface area contributed by atoms with Gasteiger partial charge in [0, 0.05) is 11.6 Å². The fourth-order valence-electron chi connectivity index (χ4n) is 2.25. The van der Waals surface area contributed by atoms with Crippen LogP contribution >= 0.6 is 0 Å². The van der Waals surface area contributed by atoms with Crippen molar-refractivity contribution in [1.29, 1.82) is 0 Å². The summed E-state index contributed by atoms with van der Waals surface area (Å²) in [5, 5.41) is 0. The Morgan fingerprint density at radius 2 is 2.05 bits per heavy atom. The van der Waals surface area contributed by atoms with Crippen LogP contribution in [-0.4, -0.2) is 21.3 Å². The molecule has 0 spiro atoms. The SMILES string of the molecule is Cc1cccc2c(C(=O)C(F)(F)F)nc(C3CC3)n12. The number of nitrogens with zero attached hydrogens (tertiary/aromatic N) is 2. The number of hydrogen-bond donors (Lipinski definition) is 0. The van der Waals surface area contributed by atoms with Crippen molar-refractivity contribution >= 4 is 11.3 Å². The second-order valence-corrected chi connectivity index (χ2v) is 4.81. The zero-order valence-corrected chi connectivity index (χ0v) is 10.2. The van der Waals surface area contributed by atoms with Gasteiger partial charge in [-0.15, -0.1) is 0 Å². The van der Waals surface area contributed by atoms with E-state index in [1.807, 2.05) is 0 Å². The lowest BCUT2D eigenvalue weighted by Crippen LogP contribution is -2.23. The average molecular weight is 268 g/mol. The molecule has 6 heteroatoms. The van der Waals surface area contributed by atoms with Gasteiger partial charge in [0.25, 0.3) is 5.78 Å². The van der Waals surface area contributed by atoms with E-state index in [1.165, 1.54) is 6.07 Å². The number of hydrogen-bond acceptors (Lipinski definition) is 2. The minimum Gasteiger partial charge on any atom is -0.300 e. The molecule has 3 nitrogen and oxygen atoms in total. The Hall–Kier alpha value is -1.85. The van der Waals surface area contributed by atoms with Crippen LogP contribution in [0.15, 0.2) is 18.2 Å². The van der Waals surface area contributed by atoms with Crippen LogP contribution < -0.4 is 0 Å². The second kappa shape index (κ2) is 3.82. The smallest absolute Gasteiger partial charge is 0.300 e. The van der Waals surface area contributed by atoms with Crippen LogP contribution in [0.4, 0.5) is 13.2 Å². The fraction of sp³-hybridized carbons (Fsp3) is 0.385. The van der Waals surface area contributed by atoms with Gasteiger partial charge >= 0.3 is 6.18 Å². The van der Waals surface area contributed by atoms with Crippen LogP contribution in [0.1, 0.15) is 40.8 Å². The van der Waals surface area contributed by atoms with Crippen molar-refractivity contribution in [2.75, 3.05) is 0 Å². The molecule has 0 unspecified atom stereocenters. The van der Waals surface area contributed by atoms with Crippen molar-refractivity contribution in [1.82, 2.24) is 9.38 Å². The number of ketones is 1. The Morgan fingerprint density at radius 1 is 1.37 bits per heavy atom. The Balaban J connectivity index is 2.26. The molecule has 0 saturated heterocycles. The van der Waals surface area contributed by atoms with Gasteiger partial charge in [-0.25, -0.2) is 4.98 Å². The molecule has 1 saturated carbocycles. The summed E-state index contributed by atoms with van der Waals surface area (Å²) in [4.78, 5) is 15.4. The van der Waals surface area contributed by atoms with E-state index in [0.717, 1.165) is 18.5 Å². The molecule has 0 bridgehead atoms. The number of rotatable bonds is 2. The van der Waals surface area contributed by atoms with Gasteiger partial charge in [-0.3, -0.25) is 9.20 Å². The summed E-state index contributed by atoms with van der Waals surface area (Å²) in [5.41, 5.74) is 0.537. The van der Waals surface area contributed by atoms with Gasteiger partial charge in [-0.1, -0.05) is 6.07 Å². The molecule has 0 amide bonds. The molecule has 1 aliphatic rings. The highest BCUT2D eigenvalue weighted by Gasteiger charge is 2.43. The molecule has 0 aliphatic heterocycles. The van der Waals surface area contributed by atoms with Crippen LogP contribution in [0.5, 0.6) is 0 Å². The first kappa shape index (κ1) is 12.2. The van der Waals surface area contributed by atoms with E-state index in [1.54, 1.807) is 23.5 Å².